The Bertz CT molecular complexity index is 1430. The lowest BCUT2D eigenvalue weighted by atomic mass is 9.70. The maximum Gasteiger partial charge on any atom is 0.264 e. The number of hydrogen-bond donors (Lipinski definition) is 2. The van der Waals surface area contributed by atoms with Gasteiger partial charge in [0.25, 0.3) is 5.91 Å². The zero-order valence-corrected chi connectivity index (χ0v) is 27.6. The molecule has 1 heterocycles. The Morgan fingerprint density at radius 1 is 1.18 bits per heavy atom. The first-order chi connectivity index (χ1) is 21.1. The number of aliphatic hydroxyl groups excluding tert-OH is 1. The second-order valence-corrected chi connectivity index (χ2v) is 14.7. The van der Waals surface area contributed by atoms with Crippen molar-refractivity contribution in [2.45, 2.75) is 89.6 Å². The van der Waals surface area contributed by atoms with Gasteiger partial charge in [0.1, 0.15) is 12.4 Å². The topological polar surface area (TPSA) is 95.9 Å². The number of nitrogens with one attached hydrogen (secondary N) is 1. The van der Waals surface area contributed by atoms with Crippen molar-refractivity contribution < 1.29 is 23.1 Å². The van der Waals surface area contributed by atoms with E-state index < -0.39 is 27.3 Å². The van der Waals surface area contributed by atoms with Crippen molar-refractivity contribution in [3.8, 4) is 5.75 Å². The number of allylic oxidation sites excluding steroid dienone is 2. The van der Waals surface area contributed by atoms with Gasteiger partial charge in [-0.2, -0.15) is 0 Å². The predicted molar refractivity (Wildman–Crippen MR) is 179 cm³/mol. The molecule has 0 radical (unpaired) electrons. The van der Waals surface area contributed by atoms with E-state index in [9.17, 15) is 18.3 Å². The van der Waals surface area contributed by atoms with Crippen LogP contribution in [-0.4, -0.2) is 43.9 Å². The molecule has 7 nitrogen and oxygen atoms in total. The molecule has 44 heavy (non-hydrogen) atoms. The van der Waals surface area contributed by atoms with Crippen LogP contribution in [0.25, 0.3) is 0 Å². The van der Waals surface area contributed by atoms with Crippen LogP contribution in [0.1, 0.15) is 86.7 Å². The Kier molecular flexibility index (Phi) is 12.4. The van der Waals surface area contributed by atoms with Gasteiger partial charge in [-0.05, 0) is 112 Å². The zero-order valence-electron chi connectivity index (χ0n) is 26.0. The van der Waals surface area contributed by atoms with Crippen molar-refractivity contribution in [1.82, 2.24) is 4.72 Å². The summed E-state index contributed by atoms with van der Waals surface area (Å²) in [4.78, 5) is 15.6. The number of fused-ring (bicyclic) bond motifs is 2. The number of amides is 1. The van der Waals surface area contributed by atoms with Crippen molar-refractivity contribution in [2.24, 2.45) is 11.8 Å². The van der Waals surface area contributed by atoms with Crippen molar-refractivity contribution >= 4 is 33.2 Å². The molecule has 2 N–H and O–H groups in total. The molecule has 0 spiro atoms. The molecule has 0 aromatic heterocycles. The summed E-state index contributed by atoms with van der Waals surface area (Å²) in [5, 5.41) is 10.9. The number of unbranched alkanes of at least 4 members (excludes halogenated alkanes) is 1. The minimum atomic E-state index is -3.86. The highest BCUT2D eigenvalue weighted by molar-refractivity contribution is 7.90. The van der Waals surface area contributed by atoms with Crippen LogP contribution >= 0.6 is 11.6 Å². The smallest absolute Gasteiger partial charge is 0.264 e. The fourth-order valence-electron chi connectivity index (χ4n) is 5.98. The highest BCUT2D eigenvalue weighted by Crippen LogP contribution is 2.41. The van der Waals surface area contributed by atoms with Crippen LogP contribution in [0.3, 0.4) is 0 Å². The van der Waals surface area contributed by atoms with Gasteiger partial charge in [0.2, 0.25) is 10.0 Å². The average Bonchev–Trinajstić information content (AvgIpc) is 3.01. The van der Waals surface area contributed by atoms with Crippen LogP contribution in [0, 0.1) is 11.8 Å². The SMILES string of the molecule is C=CCC[C@H](C)S(=O)(=O)NC(=O)c1ccc2c(c1)N(C[C@@H]1CC[C@H]1[C@@H](O)/C=C/CCC)CCCCc1cc(Cl)ccc1CO2. The molecule has 2 aromatic carbocycles. The molecule has 4 atom stereocenters. The van der Waals surface area contributed by atoms with E-state index in [-0.39, 0.29) is 17.4 Å². The number of carbonyl (C=O) groups is 1. The predicted octanol–water partition coefficient (Wildman–Crippen LogP) is 7.22. The van der Waals surface area contributed by atoms with E-state index in [2.05, 4.69) is 29.2 Å². The van der Waals surface area contributed by atoms with E-state index in [1.54, 1.807) is 31.2 Å². The molecule has 1 saturated carbocycles. The summed E-state index contributed by atoms with van der Waals surface area (Å²) in [6, 6.07) is 11.0. The molecule has 4 rings (SSSR count). The number of aliphatic hydroxyl groups is 1. The van der Waals surface area contributed by atoms with Gasteiger partial charge in [-0.3, -0.25) is 4.79 Å². The van der Waals surface area contributed by atoms with E-state index >= 15 is 0 Å². The molecule has 0 unspecified atom stereocenters. The van der Waals surface area contributed by atoms with Gasteiger partial charge in [0, 0.05) is 23.7 Å². The second kappa shape index (κ2) is 16.0. The first-order valence-electron chi connectivity index (χ1n) is 15.9. The van der Waals surface area contributed by atoms with Crippen LogP contribution in [-0.2, 0) is 23.1 Å². The van der Waals surface area contributed by atoms with Gasteiger partial charge < -0.3 is 14.7 Å². The summed E-state index contributed by atoms with van der Waals surface area (Å²) < 4.78 is 34.4. The monoisotopic (exact) mass is 642 g/mol. The number of aryl methyl sites for hydroxylation is 1. The van der Waals surface area contributed by atoms with Crippen LogP contribution < -0.4 is 14.4 Å². The lowest BCUT2D eigenvalue weighted by molar-refractivity contribution is 0.0461. The Hall–Kier alpha value is -2.81. The molecular formula is C35H47ClN2O5S. The minimum Gasteiger partial charge on any atom is -0.487 e. The first kappa shape index (κ1) is 34.1. The van der Waals surface area contributed by atoms with Crippen LogP contribution in [0.5, 0.6) is 5.75 Å². The van der Waals surface area contributed by atoms with Gasteiger partial charge in [-0.25, -0.2) is 13.1 Å². The third kappa shape index (κ3) is 8.89. The number of nitrogens with zero attached hydrogens (tertiary/aromatic N) is 1. The molecular weight excluding hydrogens is 596 g/mol. The molecule has 2 aromatic rings. The van der Waals surface area contributed by atoms with Crippen molar-refractivity contribution in [1.29, 1.82) is 0 Å². The summed E-state index contributed by atoms with van der Waals surface area (Å²) in [7, 11) is -3.86. The number of carbonyl (C=O) groups excluding carboxylic acids is 1. The maximum atomic E-state index is 13.3. The molecule has 240 valence electrons. The number of ether oxygens (including phenoxy) is 1. The Balaban J connectivity index is 1.63. The highest BCUT2D eigenvalue weighted by Gasteiger charge is 2.37. The van der Waals surface area contributed by atoms with Crippen LogP contribution in [0.4, 0.5) is 5.69 Å². The normalized spacial score (nSPS) is 20.3. The molecule has 1 aliphatic carbocycles. The fraction of sp³-hybridized carbons (Fsp3) is 0.514. The average molecular weight is 643 g/mol. The molecule has 1 amide bonds. The lowest BCUT2D eigenvalue weighted by Crippen LogP contribution is -2.43. The number of sulfonamides is 1. The van der Waals surface area contributed by atoms with Gasteiger partial charge in [0.15, 0.2) is 0 Å². The summed E-state index contributed by atoms with van der Waals surface area (Å²) in [6.45, 7) is 9.17. The standard InChI is InChI=1S/C35H47ClN2O5S/c1-4-6-8-13-33(39)31-18-15-28(31)23-38-20-10-9-12-26-21-30(36)17-14-29(26)24-43-34-19-16-27(22-32(34)38)35(40)37-44(41,42)25(3)11-7-5-2/h5,8,13-14,16-17,19,21-22,25,28,31,33,39H,2,4,6-7,9-12,15,18,20,23-24H2,1,3H3,(H,37,40)/b13-8+/t25-,28-,31+,33-/m0/s1. The van der Waals surface area contributed by atoms with Crippen LogP contribution in [0.2, 0.25) is 5.02 Å². The van der Waals surface area contributed by atoms with E-state index in [1.165, 1.54) is 5.56 Å². The van der Waals surface area contributed by atoms with Gasteiger partial charge in [-0.15, -0.1) is 6.58 Å². The Morgan fingerprint density at radius 2 is 2.00 bits per heavy atom. The van der Waals surface area contributed by atoms with E-state index in [0.29, 0.717) is 36.8 Å². The van der Waals surface area contributed by atoms with Crippen molar-refractivity contribution in [3.05, 3.63) is 82.9 Å². The highest BCUT2D eigenvalue weighted by atomic mass is 35.5. The number of hydrogen-bond acceptors (Lipinski definition) is 6. The van der Waals surface area contributed by atoms with Crippen molar-refractivity contribution in [3.63, 3.8) is 0 Å². The molecule has 1 aliphatic heterocycles. The van der Waals surface area contributed by atoms with Gasteiger partial charge in [-0.1, -0.05) is 49.2 Å². The number of halogens is 1. The fourth-order valence-corrected chi connectivity index (χ4v) is 7.19. The van der Waals surface area contributed by atoms with E-state index in [0.717, 1.165) is 62.7 Å². The number of rotatable bonds is 12. The summed E-state index contributed by atoms with van der Waals surface area (Å²) in [5.41, 5.74) is 3.25. The molecule has 0 bridgehead atoms. The minimum absolute atomic E-state index is 0.172. The quantitative estimate of drug-likeness (QED) is 0.237. The van der Waals surface area contributed by atoms with E-state index in [4.69, 9.17) is 16.3 Å². The largest absolute Gasteiger partial charge is 0.487 e. The number of benzene rings is 2. The maximum absolute atomic E-state index is 13.3. The molecule has 9 heteroatoms. The third-order valence-corrected chi connectivity index (χ3v) is 10.9. The Labute approximate surface area is 268 Å². The molecule has 2 aliphatic rings. The Morgan fingerprint density at radius 3 is 2.73 bits per heavy atom. The summed E-state index contributed by atoms with van der Waals surface area (Å²) >= 11 is 6.32. The van der Waals surface area contributed by atoms with Crippen LogP contribution in [0.15, 0.2) is 61.2 Å². The van der Waals surface area contributed by atoms with Crippen molar-refractivity contribution in [2.75, 3.05) is 18.0 Å². The summed E-state index contributed by atoms with van der Waals surface area (Å²) in [5.74, 6) is 0.427. The lowest BCUT2D eigenvalue weighted by Gasteiger charge is -2.42. The van der Waals surface area contributed by atoms with E-state index in [1.807, 2.05) is 24.3 Å². The molecule has 0 saturated heterocycles. The van der Waals surface area contributed by atoms with Gasteiger partial charge >= 0.3 is 0 Å². The third-order valence-electron chi connectivity index (χ3n) is 8.94. The molecule has 1 fully saturated rings. The van der Waals surface area contributed by atoms with Gasteiger partial charge in [0.05, 0.1) is 17.0 Å². The second-order valence-electron chi connectivity index (χ2n) is 12.1. The first-order valence-corrected chi connectivity index (χ1v) is 17.9. The summed E-state index contributed by atoms with van der Waals surface area (Å²) in [6.07, 6.45) is 12.8. The zero-order chi connectivity index (χ0) is 31.7. The number of anilines is 1.